The van der Waals surface area contributed by atoms with Gasteiger partial charge in [0.15, 0.2) is 0 Å². The first-order valence-electron chi connectivity index (χ1n) is 8.22. The summed E-state index contributed by atoms with van der Waals surface area (Å²) in [5, 5.41) is 8.93. The Morgan fingerprint density at radius 3 is 2.38 bits per heavy atom. The lowest BCUT2D eigenvalue weighted by Crippen LogP contribution is -2.25. The Balaban J connectivity index is 2.15. The molecule has 0 saturated heterocycles. The molecular formula is C20H25NO3. The molecule has 4 nitrogen and oxygen atoms in total. The summed E-state index contributed by atoms with van der Waals surface area (Å²) in [4.78, 5) is 24.8. The minimum atomic E-state index is -0.975. The normalized spacial score (nSPS) is 17.2. The monoisotopic (exact) mass is 327 g/mol. The number of benzene rings is 1. The molecular weight excluding hydrogens is 302 g/mol. The highest BCUT2D eigenvalue weighted by Crippen LogP contribution is 2.40. The molecule has 1 N–H and O–H groups in total. The summed E-state index contributed by atoms with van der Waals surface area (Å²) < 4.78 is 0. The number of amides is 1. The van der Waals surface area contributed by atoms with Crippen LogP contribution >= 0.6 is 0 Å². The molecule has 0 atom stereocenters. The first-order valence-corrected chi connectivity index (χ1v) is 8.22. The van der Waals surface area contributed by atoms with E-state index in [0.717, 1.165) is 12.8 Å². The zero-order valence-corrected chi connectivity index (χ0v) is 14.8. The smallest absolute Gasteiger partial charge is 0.335 e. The van der Waals surface area contributed by atoms with Crippen LogP contribution in [0.2, 0.25) is 0 Å². The predicted octanol–water partition coefficient (Wildman–Crippen LogP) is 4.43. The van der Waals surface area contributed by atoms with Crippen LogP contribution in [0.3, 0.4) is 0 Å². The van der Waals surface area contributed by atoms with Crippen molar-refractivity contribution in [2.75, 3.05) is 11.9 Å². The van der Waals surface area contributed by atoms with Gasteiger partial charge in [0.2, 0.25) is 0 Å². The van der Waals surface area contributed by atoms with E-state index in [0.29, 0.717) is 5.69 Å². The van der Waals surface area contributed by atoms with Gasteiger partial charge in [0.25, 0.3) is 5.91 Å². The van der Waals surface area contributed by atoms with Gasteiger partial charge >= 0.3 is 5.97 Å². The number of aromatic carboxylic acids is 1. The van der Waals surface area contributed by atoms with Crippen molar-refractivity contribution in [3.8, 4) is 0 Å². The number of carboxylic acids is 1. The molecule has 0 radical (unpaired) electrons. The number of carbonyl (C=O) groups excluding carboxylic acids is 1. The number of allylic oxidation sites excluding steroid dienone is 3. The molecule has 0 aliphatic heterocycles. The molecule has 1 aliphatic rings. The second kappa shape index (κ2) is 7.04. The van der Waals surface area contributed by atoms with E-state index in [4.69, 9.17) is 5.11 Å². The summed E-state index contributed by atoms with van der Waals surface area (Å²) in [6.07, 6.45) is 6.96. The summed E-state index contributed by atoms with van der Waals surface area (Å²) in [5.74, 6) is -1.10. The van der Waals surface area contributed by atoms with Crippen LogP contribution in [0.5, 0.6) is 0 Å². The Bertz CT molecular complexity index is 696. The van der Waals surface area contributed by atoms with Crippen molar-refractivity contribution >= 4 is 17.6 Å². The van der Waals surface area contributed by atoms with Gasteiger partial charge in [0.1, 0.15) is 0 Å². The molecule has 1 aromatic carbocycles. The standard InChI is InChI=1S/C20H25NO3/c1-14-6-5-13-20(2,3)17(14)11-12-18(22)21(4)16-9-7-15(8-10-16)19(23)24/h7-12H,5-6,13H2,1-4H3,(H,23,24)/b12-11+. The fourth-order valence-corrected chi connectivity index (χ4v) is 3.23. The topological polar surface area (TPSA) is 57.6 Å². The van der Waals surface area contributed by atoms with Gasteiger partial charge in [-0.1, -0.05) is 25.5 Å². The molecule has 128 valence electrons. The highest BCUT2D eigenvalue weighted by Gasteiger charge is 2.26. The number of carbonyl (C=O) groups is 2. The second-order valence-corrected chi connectivity index (χ2v) is 7.01. The van der Waals surface area contributed by atoms with Gasteiger partial charge in [-0.3, -0.25) is 4.79 Å². The minimum Gasteiger partial charge on any atom is -0.478 e. The lowest BCUT2D eigenvalue weighted by Gasteiger charge is -2.33. The van der Waals surface area contributed by atoms with Crippen molar-refractivity contribution in [3.63, 3.8) is 0 Å². The van der Waals surface area contributed by atoms with Crippen LogP contribution in [-0.2, 0) is 4.79 Å². The van der Waals surface area contributed by atoms with E-state index in [2.05, 4.69) is 20.8 Å². The van der Waals surface area contributed by atoms with E-state index in [-0.39, 0.29) is 16.9 Å². The van der Waals surface area contributed by atoms with E-state index < -0.39 is 5.97 Å². The number of hydrogen-bond donors (Lipinski definition) is 1. The number of hydrogen-bond acceptors (Lipinski definition) is 2. The molecule has 2 rings (SSSR count). The van der Waals surface area contributed by atoms with E-state index in [1.807, 2.05) is 6.08 Å². The van der Waals surface area contributed by atoms with Gasteiger partial charge < -0.3 is 10.0 Å². The maximum atomic E-state index is 12.4. The molecule has 0 bridgehead atoms. The summed E-state index contributed by atoms with van der Waals surface area (Å²) in [6.45, 7) is 6.57. The van der Waals surface area contributed by atoms with Crippen molar-refractivity contribution in [2.45, 2.75) is 40.0 Å². The lowest BCUT2D eigenvalue weighted by atomic mass is 9.72. The van der Waals surface area contributed by atoms with Gasteiger partial charge in [-0.15, -0.1) is 0 Å². The van der Waals surface area contributed by atoms with Crippen molar-refractivity contribution in [3.05, 3.63) is 53.1 Å². The summed E-state index contributed by atoms with van der Waals surface area (Å²) in [6, 6.07) is 6.29. The molecule has 1 aromatic rings. The van der Waals surface area contributed by atoms with Crippen LogP contribution in [0.15, 0.2) is 47.6 Å². The summed E-state index contributed by atoms with van der Waals surface area (Å²) in [7, 11) is 1.69. The Labute approximate surface area is 143 Å². The van der Waals surface area contributed by atoms with Crippen molar-refractivity contribution < 1.29 is 14.7 Å². The molecule has 0 fully saturated rings. The van der Waals surface area contributed by atoms with Crippen molar-refractivity contribution in [1.29, 1.82) is 0 Å². The van der Waals surface area contributed by atoms with Crippen LogP contribution in [0.1, 0.15) is 50.4 Å². The van der Waals surface area contributed by atoms with Gasteiger partial charge in [-0.05, 0) is 61.4 Å². The third kappa shape index (κ3) is 3.94. The number of carboxylic acid groups (broad SMARTS) is 1. The average molecular weight is 327 g/mol. The zero-order valence-electron chi connectivity index (χ0n) is 14.8. The Kier molecular flexibility index (Phi) is 5.27. The summed E-state index contributed by atoms with van der Waals surface area (Å²) >= 11 is 0. The first kappa shape index (κ1) is 18.0. The highest BCUT2D eigenvalue weighted by atomic mass is 16.4. The number of rotatable bonds is 4. The number of nitrogens with zero attached hydrogens (tertiary/aromatic N) is 1. The lowest BCUT2D eigenvalue weighted by molar-refractivity contribution is -0.113. The van der Waals surface area contributed by atoms with Crippen LogP contribution in [-0.4, -0.2) is 24.0 Å². The largest absolute Gasteiger partial charge is 0.478 e. The molecule has 1 aliphatic carbocycles. The molecule has 0 saturated carbocycles. The van der Waals surface area contributed by atoms with Gasteiger partial charge in [0, 0.05) is 18.8 Å². The first-order chi connectivity index (χ1) is 11.2. The molecule has 4 heteroatoms. The van der Waals surface area contributed by atoms with Gasteiger partial charge in [-0.2, -0.15) is 0 Å². The maximum Gasteiger partial charge on any atom is 0.335 e. The van der Waals surface area contributed by atoms with E-state index >= 15 is 0 Å². The SMILES string of the molecule is CC1=C(/C=C/C(=O)N(C)c2ccc(C(=O)O)cc2)C(C)(C)CCC1. The number of anilines is 1. The quantitative estimate of drug-likeness (QED) is 0.832. The summed E-state index contributed by atoms with van der Waals surface area (Å²) in [5.41, 5.74) is 3.57. The van der Waals surface area contributed by atoms with Crippen molar-refractivity contribution in [1.82, 2.24) is 0 Å². The third-order valence-corrected chi connectivity index (χ3v) is 4.77. The predicted molar refractivity (Wildman–Crippen MR) is 96.3 cm³/mol. The van der Waals surface area contributed by atoms with E-state index in [9.17, 15) is 9.59 Å². The fourth-order valence-electron chi connectivity index (χ4n) is 3.23. The average Bonchev–Trinajstić information content (AvgIpc) is 2.53. The van der Waals surface area contributed by atoms with Crippen LogP contribution in [0.4, 0.5) is 5.69 Å². The van der Waals surface area contributed by atoms with E-state index in [1.54, 1.807) is 25.3 Å². The Morgan fingerprint density at radius 2 is 1.83 bits per heavy atom. The molecule has 0 aromatic heterocycles. The molecule has 24 heavy (non-hydrogen) atoms. The minimum absolute atomic E-state index is 0.0980. The Morgan fingerprint density at radius 1 is 1.21 bits per heavy atom. The fraction of sp³-hybridized carbons (Fsp3) is 0.400. The van der Waals surface area contributed by atoms with Gasteiger partial charge in [0.05, 0.1) is 5.56 Å². The third-order valence-electron chi connectivity index (χ3n) is 4.77. The van der Waals surface area contributed by atoms with Crippen LogP contribution < -0.4 is 4.90 Å². The Hall–Kier alpha value is -2.36. The number of likely N-dealkylation sites (N-methyl/N-ethyl adjacent to an activating group) is 1. The molecule has 0 unspecified atom stereocenters. The molecule has 1 amide bonds. The van der Waals surface area contributed by atoms with E-state index in [1.165, 1.54) is 34.6 Å². The molecule has 0 heterocycles. The van der Waals surface area contributed by atoms with Crippen LogP contribution in [0, 0.1) is 5.41 Å². The zero-order chi connectivity index (χ0) is 17.9. The molecule has 0 spiro atoms. The van der Waals surface area contributed by atoms with Crippen molar-refractivity contribution in [2.24, 2.45) is 5.41 Å². The van der Waals surface area contributed by atoms with Crippen LogP contribution in [0.25, 0.3) is 0 Å². The van der Waals surface area contributed by atoms with Gasteiger partial charge in [-0.25, -0.2) is 4.79 Å². The maximum absolute atomic E-state index is 12.4. The second-order valence-electron chi connectivity index (χ2n) is 7.01. The highest BCUT2D eigenvalue weighted by molar-refractivity contribution is 6.01.